The molecule has 0 spiro atoms. The van der Waals surface area contributed by atoms with Gasteiger partial charge in [0.15, 0.2) is 0 Å². The van der Waals surface area contributed by atoms with Crippen LogP contribution in [0.3, 0.4) is 0 Å². The summed E-state index contributed by atoms with van der Waals surface area (Å²) in [6.07, 6.45) is 0. The molecule has 1 atom stereocenters. The van der Waals surface area contributed by atoms with Crippen molar-refractivity contribution in [2.45, 2.75) is 19.9 Å². The molecule has 0 saturated heterocycles. The molecular formula is C4H8INO. The van der Waals surface area contributed by atoms with Crippen molar-refractivity contribution in [3.05, 3.63) is 0 Å². The molecule has 1 unspecified atom stereocenters. The second kappa shape index (κ2) is 3.37. The van der Waals surface area contributed by atoms with Crippen LogP contribution in [0, 0.1) is 0 Å². The molecule has 0 aliphatic heterocycles. The maximum atomic E-state index is 10.3. The first-order valence-corrected chi connectivity index (χ1v) is 3.13. The van der Waals surface area contributed by atoms with E-state index in [0.29, 0.717) is 0 Å². The van der Waals surface area contributed by atoms with Crippen LogP contribution in [-0.2, 0) is 4.79 Å². The lowest BCUT2D eigenvalue weighted by molar-refractivity contribution is -0.118. The molecule has 42 valence electrons. The Kier molecular flexibility index (Phi) is 3.55. The summed E-state index contributed by atoms with van der Waals surface area (Å²) in [5.74, 6) is 0.175. The van der Waals surface area contributed by atoms with E-state index in [2.05, 4.69) is 3.53 Å². The van der Waals surface area contributed by atoms with Crippen LogP contribution >= 0.6 is 22.9 Å². The summed E-state index contributed by atoms with van der Waals surface area (Å²) >= 11 is 1.96. The number of carbonyl (C=O) groups is 1. The Morgan fingerprint density at radius 1 is 1.86 bits per heavy atom. The van der Waals surface area contributed by atoms with Gasteiger partial charge in [-0.05, 0) is 13.8 Å². The van der Waals surface area contributed by atoms with Gasteiger partial charge in [0, 0.05) is 22.9 Å². The van der Waals surface area contributed by atoms with Gasteiger partial charge in [0.25, 0.3) is 0 Å². The van der Waals surface area contributed by atoms with Crippen molar-refractivity contribution in [3.63, 3.8) is 0 Å². The number of nitrogens with one attached hydrogen (secondary N) is 1. The van der Waals surface area contributed by atoms with Crippen molar-refractivity contribution < 1.29 is 4.79 Å². The molecule has 0 saturated carbocycles. The number of hydrogen-bond donors (Lipinski definition) is 1. The summed E-state index contributed by atoms with van der Waals surface area (Å²) in [5, 5.41) is 0. The van der Waals surface area contributed by atoms with Crippen LogP contribution in [0.25, 0.3) is 0 Å². The number of halogens is 1. The maximum absolute atomic E-state index is 10.3. The first-order valence-electron chi connectivity index (χ1n) is 2.05. The number of carbonyl (C=O) groups excluding carboxylic acids is 1. The zero-order chi connectivity index (χ0) is 5.86. The highest BCUT2D eigenvalue weighted by atomic mass is 127. The molecule has 2 nitrogen and oxygen atoms in total. The minimum absolute atomic E-state index is 0.000556. The molecule has 0 aromatic rings. The number of Topliss-reactive ketones (excluding diaryl/α,β-unsaturated/α-hetero) is 1. The highest BCUT2D eigenvalue weighted by molar-refractivity contribution is 14.1. The summed E-state index contributed by atoms with van der Waals surface area (Å²) in [6.45, 7) is 3.39. The topological polar surface area (TPSA) is 29.1 Å². The van der Waals surface area contributed by atoms with Crippen molar-refractivity contribution in [1.29, 1.82) is 0 Å². The molecule has 0 aromatic heterocycles. The second-order valence-corrected chi connectivity index (χ2v) is 2.06. The van der Waals surface area contributed by atoms with Crippen molar-refractivity contribution in [2.24, 2.45) is 0 Å². The average molecular weight is 213 g/mol. The number of hydrogen-bond acceptors (Lipinski definition) is 2. The Labute approximate surface area is 57.2 Å². The minimum Gasteiger partial charge on any atom is -0.298 e. The van der Waals surface area contributed by atoms with Gasteiger partial charge in [-0.1, -0.05) is 0 Å². The molecule has 3 heteroatoms. The van der Waals surface area contributed by atoms with Crippen LogP contribution in [0.15, 0.2) is 0 Å². The Bertz CT molecular complexity index is 74.1. The maximum Gasteiger partial charge on any atom is 0.147 e. The average Bonchev–Trinajstić information content (AvgIpc) is 1.65. The lowest BCUT2D eigenvalue weighted by Crippen LogP contribution is -2.23. The largest absolute Gasteiger partial charge is 0.298 e. The van der Waals surface area contributed by atoms with Crippen molar-refractivity contribution in [3.8, 4) is 0 Å². The Balaban J connectivity index is 3.34. The molecule has 0 aromatic carbocycles. The van der Waals surface area contributed by atoms with Gasteiger partial charge in [-0.3, -0.25) is 8.32 Å². The van der Waals surface area contributed by atoms with Gasteiger partial charge in [-0.15, -0.1) is 0 Å². The Morgan fingerprint density at radius 3 is 2.29 bits per heavy atom. The summed E-state index contributed by atoms with van der Waals surface area (Å²) in [6, 6.07) is 0.000556. The summed E-state index contributed by atoms with van der Waals surface area (Å²) in [7, 11) is 0. The van der Waals surface area contributed by atoms with E-state index in [4.69, 9.17) is 0 Å². The zero-order valence-corrected chi connectivity index (χ0v) is 6.52. The minimum atomic E-state index is 0.000556. The molecule has 0 rings (SSSR count). The lowest BCUT2D eigenvalue weighted by atomic mass is 10.3. The first-order chi connectivity index (χ1) is 3.18. The smallest absolute Gasteiger partial charge is 0.147 e. The highest BCUT2D eigenvalue weighted by Gasteiger charge is 2.01. The van der Waals surface area contributed by atoms with Crippen LogP contribution in [0.5, 0.6) is 0 Å². The summed E-state index contributed by atoms with van der Waals surface area (Å²) in [4.78, 5) is 10.3. The quantitative estimate of drug-likeness (QED) is 0.545. The molecule has 7 heavy (non-hydrogen) atoms. The predicted octanol–water partition coefficient (Wildman–Crippen LogP) is 0.904. The molecular weight excluding hydrogens is 205 g/mol. The van der Waals surface area contributed by atoms with Gasteiger partial charge < -0.3 is 0 Å². The third-order valence-corrected chi connectivity index (χ3v) is 1.71. The van der Waals surface area contributed by atoms with E-state index in [1.54, 1.807) is 6.92 Å². The summed E-state index contributed by atoms with van der Waals surface area (Å²) in [5.41, 5.74) is 0. The van der Waals surface area contributed by atoms with Gasteiger partial charge >= 0.3 is 0 Å². The lowest BCUT2D eigenvalue weighted by Gasteiger charge is -1.99. The fourth-order valence-electron chi connectivity index (χ4n) is 0.0768. The van der Waals surface area contributed by atoms with Crippen molar-refractivity contribution in [2.75, 3.05) is 0 Å². The highest BCUT2D eigenvalue weighted by Crippen LogP contribution is 1.84. The van der Waals surface area contributed by atoms with E-state index in [0.717, 1.165) is 0 Å². The van der Waals surface area contributed by atoms with Gasteiger partial charge in [0.1, 0.15) is 5.78 Å². The van der Waals surface area contributed by atoms with Crippen molar-refractivity contribution in [1.82, 2.24) is 3.53 Å². The fourth-order valence-corrected chi connectivity index (χ4v) is 0.515. The molecule has 0 fully saturated rings. The van der Waals surface area contributed by atoms with E-state index >= 15 is 0 Å². The van der Waals surface area contributed by atoms with Crippen LogP contribution in [-0.4, -0.2) is 11.8 Å². The number of rotatable bonds is 2. The van der Waals surface area contributed by atoms with Crippen LogP contribution in [0.4, 0.5) is 0 Å². The van der Waals surface area contributed by atoms with E-state index in [9.17, 15) is 4.79 Å². The van der Waals surface area contributed by atoms with E-state index in [1.165, 1.54) is 0 Å². The van der Waals surface area contributed by atoms with Crippen LogP contribution in [0.2, 0.25) is 0 Å². The SMILES string of the molecule is CC(=O)C(C)NI. The first kappa shape index (κ1) is 7.36. The standard InChI is InChI=1S/C4H8INO/c1-3(6-5)4(2)7/h3,6H,1-2H3. The monoisotopic (exact) mass is 213 g/mol. The normalized spacial score (nSPS) is 13.6. The molecule has 0 amide bonds. The Morgan fingerprint density at radius 2 is 2.29 bits per heavy atom. The molecule has 0 aliphatic rings. The zero-order valence-electron chi connectivity index (χ0n) is 4.36. The predicted molar refractivity (Wildman–Crippen MR) is 37.3 cm³/mol. The van der Waals surface area contributed by atoms with Gasteiger partial charge in [-0.25, -0.2) is 0 Å². The molecule has 1 N–H and O–H groups in total. The molecule has 0 radical (unpaired) electrons. The van der Waals surface area contributed by atoms with Gasteiger partial charge in [0.2, 0.25) is 0 Å². The summed E-state index contributed by atoms with van der Waals surface area (Å²) < 4.78 is 2.78. The molecule has 0 bridgehead atoms. The molecule has 0 aliphatic carbocycles. The van der Waals surface area contributed by atoms with Crippen LogP contribution < -0.4 is 3.53 Å². The van der Waals surface area contributed by atoms with E-state index in [1.807, 2.05) is 29.8 Å². The van der Waals surface area contributed by atoms with E-state index < -0.39 is 0 Å². The van der Waals surface area contributed by atoms with Crippen molar-refractivity contribution >= 4 is 28.6 Å². The molecule has 0 heterocycles. The van der Waals surface area contributed by atoms with Gasteiger partial charge in [-0.2, -0.15) is 0 Å². The van der Waals surface area contributed by atoms with Gasteiger partial charge in [0.05, 0.1) is 6.04 Å². The second-order valence-electron chi connectivity index (χ2n) is 1.44. The third-order valence-electron chi connectivity index (χ3n) is 0.773. The van der Waals surface area contributed by atoms with Crippen LogP contribution in [0.1, 0.15) is 13.8 Å². The fraction of sp³-hybridized carbons (Fsp3) is 0.750. The Hall–Kier alpha value is 0.360. The number of ketones is 1. The third kappa shape index (κ3) is 2.99. The van der Waals surface area contributed by atoms with E-state index in [-0.39, 0.29) is 11.8 Å².